The number of rotatable bonds is 7. The average Bonchev–Trinajstić information content (AvgIpc) is 2.56. The van der Waals surface area contributed by atoms with E-state index in [-0.39, 0.29) is 17.2 Å². The molecule has 23 heavy (non-hydrogen) atoms. The molecule has 0 unspecified atom stereocenters. The summed E-state index contributed by atoms with van der Waals surface area (Å²) >= 11 is 0. The number of aromatic hydroxyl groups is 1. The molecule has 0 heterocycles. The van der Waals surface area contributed by atoms with Crippen LogP contribution in [0.15, 0.2) is 24.3 Å². The first-order valence-electron chi connectivity index (χ1n) is 7.23. The van der Waals surface area contributed by atoms with Gasteiger partial charge in [-0.1, -0.05) is 32.4 Å². The minimum Gasteiger partial charge on any atom is -0.507 e. The van der Waals surface area contributed by atoms with Gasteiger partial charge in [0.2, 0.25) is 0 Å². The monoisotopic (exact) mass is 323 g/mol. The Bertz CT molecular complexity index is 571. The van der Waals surface area contributed by atoms with Crippen molar-refractivity contribution in [3.8, 4) is 5.75 Å². The summed E-state index contributed by atoms with van der Waals surface area (Å²) < 4.78 is 9.49. The highest BCUT2D eigenvalue weighted by atomic mass is 16.5. The minimum absolute atomic E-state index is 0.0354. The number of phenols is 1. The Labute approximate surface area is 134 Å². The molecule has 0 aliphatic rings. The Hall–Kier alpha value is -2.57. The smallest absolute Gasteiger partial charge is 0.342 e. The lowest BCUT2D eigenvalue weighted by Gasteiger charge is -2.21. The first-order valence-corrected chi connectivity index (χ1v) is 7.23. The molecule has 0 saturated heterocycles. The summed E-state index contributed by atoms with van der Waals surface area (Å²) in [5, 5.41) is 12.0. The van der Waals surface area contributed by atoms with Crippen molar-refractivity contribution >= 4 is 17.8 Å². The van der Waals surface area contributed by atoms with Crippen LogP contribution in [0.2, 0.25) is 0 Å². The van der Waals surface area contributed by atoms with Gasteiger partial charge in [-0.15, -0.1) is 0 Å². The van der Waals surface area contributed by atoms with Gasteiger partial charge >= 0.3 is 11.9 Å². The van der Waals surface area contributed by atoms with Crippen LogP contribution < -0.4 is 5.32 Å². The molecule has 0 aliphatic carbocycles. The Morgan fingerprint density at radius 2 is 1.91 bits per heavy atom. The molecule has 0 aromatic heterocycles. The van der Waals surface area contributed by atoms with Gasteiger partial charge in [-0.05, 0) is 18.1 Å². The molecule has 0 aliphatic heterocycles. The molecular formula is C16H21NO6. The standard InChI is InChI=1S/C16H21NO6/c1-4-10(2)14(16(21)22-3)17-13(19)9-23-15(20)11-7-5-6-8-12(11)18/h5-8,10,14,18H,4,9H2,1-3H3,(H,17,19)/t10-,14+/m1/s1. The van der Waals surface area contributed by atoms with Crippen molar-refractivity contribution in [2.75, 3.05) is 13.7 Å². The molecule has 1 rings (SSSR count). The van der Waals surface area contributed by atoms with Crippen LogP contribution in [-0.4, -0.2) is 42.7 Å². The van der Waals surface area contributed by atoms with Crippen molar-refractivity contribution in [1.29, 1.82) is 0 Å². The number of hydrogen-bond donors (Lipinski definition) is 2. The van der Waals surface area contributed by atoms with Crippen LogP contribution in [0, 0.1) is 5.92 Å². The number of amides is 1. The van der Waals surface area contributed by atoms with Crippen LogP contribution in [0.1, 0.15) is 30.6 Å². The molecule has 0 fully saturated rings. The topological polar surface area (TPSA) is 102 Å². The van der Waals surface area contributed by atoms with Gasteiger partial charge < -0.3 is 19.9 Å². The number of carbonyl (C=O) groups excluding carboxylic acids is 3. The van der Waals surface area contributed by atoms with Crippen LogP contribution in [0.25, 0.3) is 0 Å². The molecule has 2 N–H and O–H groups in total. The van der Waals surface area contributed by atoms with E-state index in [1.54, 1.807) is 19.1 Å². The zero-order valence-electron chi connectivity index (χ0n) is 13.4. The molecule has 126 valence electrons. The van der Waals surface area contributed by atoms with Gasteiger partial charge in [0.25, 0.3) is 5.91 Å². The second kappa shape index (κ2) is 8.77. The fraction of sp³-hybridized carbons (Fsp3) is 0.438. The number of hydrogen-bond acceptors (Lipinski definition) is 6. The predicted molar refractivity (Wildman–Crippen MR) is 81.8 cm³/mol. The lowest BCUT2D eigenvalue weighted by molar-refractivity contribution is -0.147. The Morgan fingerprint density at radius 1 is 1.26 bits per heavy atom. The molecule has 0 saturated carbocycles. The van der Waals surface area contributed by atoms with Gasteiger partial charge in [0.05, 0.1) is 7.11 Å². The largest absolute Gasteiger partial charge is 0.507 e. The van der Waals surface area contributed by atoms with Gasteiger partial charge in [-0.25, -0.2) is 9.59 Å². The number of nitrogens with one attached hydrogen (secondary N) is 1. The number of para-hydroxylation sites is 1. The summed E-state index contributed by atoms with van der Waals surface area (Å²) in [6.45, 7) is 3.12. The first-order chi connectivity index (χ1) is 10.9. The Morgan fingerprint density at radius 3 is 2.48 bits per heavy atom. The van der Waals surface area contributed by atoms with Crippen molar-refractivity contribution < 1.29 is 29.0 Å². The molecule has 7 heteroatoms. The normalized spacial score (nSPS) is 12.8. The molecule has 7 nitrogen and oxygen atoms in total. The molecular weight excluding hydrogens is 302 g/mol. The van der Waals surface area contributed by atoms with E-state index in [1.807, 2.05) is 6.92 Å². The van der Waals surface area contributed by atoms with Crippen molar-refractivity contribution in [1.82, 2.24) is 5.32 Å². The van der Waals surface area contributed by atoms with E-state index in [4.69, 9.17) is 4.74 Å². The van der Waals surface area contributed by atoms with Crippen LogP contribution in [0.3, 0.4) is 0 Å². The Kier molecular flexibility index (Phi) is 7.05. The van der Waals surface area contributed by atoms with E-state index in [1.165, 1.54) is 19.2 Å². The zero-order valence-corrected chi connectivity index (χ0v) is 13.4. The number of carbonyl (C=O) groups is 3. The third-order valence-electron chi connectivity index (χ3n) is 3.44. The summed E-state index contributed by atoms with van der Waals surface area (Å²) in [5.74, 6) is -2.36. The molecule has 1 amide bonds. The summed E-state index contributed by atoms with van der Waals surface area (Å²) in [6, 6.07) is 5.04. The third-order valence-corrected chi connectivity index (χ3v) is 3.44. The molecule has 2 atom stereocenters. The maximum absolute atomic E-state index is 11.9. The fourth-order valence-corrected chi connectivity index (χ4v) is 1.87. The number of phenolic OH excluding ortho intramolecular Hbond substituents is 1. The van der Waals surface area contributed by atoms with E-state index >= 15 is 0 Å². The van der Waals surface area contributed by atoms with Gasteiger partial charge in [-0.3, -0.25) is 4.79 Å². The lowest BCUT2D eigenvalue weighted by Crippen LogP contribution is -2.47. The number of esters is 2. The molecule has 0 bridgehead atoms. The van der Waals surface area contributed by atoms with E-state index in [0.717, 1.165) is 0 Å². The number of benzene rings is 1. The van der Waals surface area contributed by atoms with Gasteiger partial charge in [-0.2, -0.15) is 0 Å². The number of ether oxygens (including phenoxy) is 2. The molecule has 0 radical (unpaired) electrons. The van der Waals surface area contributed by atoms with E-state index in [9.17, 15) is 19.5 Å². The van der Waals surface area contributed by atoms with Crippen LogP contribution in [-0.2, 0) is 19.1 Å². The fourth-order valence-electron chi connectivity index (χ4n) is 1.87. The van der Waals surface area contributed by atoms with E-state index < -0.39 is 30.5 Å². The quantitative estimate of drug-likeness (QED) is 0.732. The highest BCUT2D eigenvalue weighted by Gasteiger charge is 2.27. The van der Waals surface area contributed by atoms with Crippen molar-refractivity contribution in [2.45, 2.75) is 26.3 Å². The maximum atomic E-state index is 11.9. The molecule has 0 spiro atoms. The summed E-state index contributed by atoms with van der Waals surface area (Å²) in [5.41, 5.74) is -0.0354. The van der Waals surface area contributed by atoms with Crippen molar-refractivity contribution in [2.24, 2.45) is 5.92 Å². The van der Waals surface area contributed by atoms with Gasteiger partial charge in [0.15, 0.2) is 6.61 Å². The summed E-state index contributed by atoms with van der Waals surface area (Å²) in [7, 11) is 1.24. The second-order valence-electron chi connectivity index (χ2n) is 5.05. The van der Waals surface area contributed by atoms with Crippen molar-refractivity contribution in [3.63, 3.8) is 0 Å². The molecule has 1 aromatic rings. The van der Waals surface area contributed by atoms with Crippen LogP contribution in [0.5, 0.6) is 5.75 Å². The predicted octanol–water partition coefficient (Wildman–Crippen LogP) is 1.25. The highest BCUT2D eigenvalue weighted by molar-refractivity contribution is 5.94. The van der Waals surface area contributed by atoms with Gasteiger partial charge in [0, 0.05) is 0 Å². The summed E-state index contributed by atoms with van der Waals surface area (Å²) in [4.78, 5) is 35.3. The maximum Gasteiger partial charge on any atom is 0.342 e. The lowest BCUT2D eigenvalue weighted by atomic mass is 9.99. The zero-order chi connectivity index (χ0) is 17.4. The second-order valence-corrected chi connectivity index (χ2v) is 5.05. The number of methoxy groups -OCH3 is 1. The van der Waals surface area contributed by atoms with E-state index in [0.29, 0.717) is 6.42 Å². The highest BCUT2D eigenvalue weighted by Crippen LogP contribution is 2.16. The van der Waals surface area contributed by atoms with Crippen LogP contribution in [0.4, 0.5) is 0 Å². The molecule has 1 aromatic carbocycles. The van der Waals surface area contributed by atoms with Gasteiger partial charge in [0.1, 0.15) is 17.4 Å². The average molecular weight is 323 g/mol. The summed E-state index contributed by atoms with van der Waals surface area (Å²) in [6.07, 6.45) is 0.664. The first kappa shape index (κ1) is 18.5. The van der Waals surface area contributed by atoms with E-state index in [2.05, 4.69) is 10.1 Å². The van der Waals surface area contributed by atoms with Crippen molar-refractivity contribution in [3.05, 3.63) is 29.8 Å². The third kappa shape index (κ3) is 5.28. The SMILES string of the molecule is CC[C@@H](C)[C@H](NC(=O)COC(=O)c1ccccc1O)C(=O)OC. The Balaban J connectivity index is 2.60. The minimum atomic E-state index is -0.823. The van der Waals surface area contributed by atoms with Crippen LogP contribution >= 0.6 is 0 Å².